The molecule has 0 amide bonds. The summed E-state index contributed by atoms with van der Waals surface area (Å²) in [6, 6.07) is 1.68. The number of sulfone groups is 1. The summed E-state index contributed by atoms with van der Waals surface area (Å²) in [5.74, 6) is -0.221. The second-order valence-corrected chi connectivity index (χ2v) is 5.48. The molecule has 0 unspecified atom stereocenters. The van der Waals surface area contributed by atoms with E-state index >= 15 is 0 Å². The molecule has 0 aliphatic carbocycles. The number of nitriles is 1. The Bertz CT molecular complexity index is 286. The monoisotopic (exact) mass is 202 g/mol. The van der Waals surface area contributed by atoms with Crippen molar-refractivity contribution >= 4 is 9.84 Å². The lowest BCUT2D eigenvalue weighted by molar-refractivity contribution is 0.359. The molecule has 0 radical (unpaired) electrons. The summed E-state index contributed by atoms with van der Waals surface area (Å²) in [4.78, 5) is 2.13. The molecule has 1 saturated heterocycles. The summed E-state index contributed by atoms with van der Waals surface area (Å²) < 4.78 is 22.3. The summed E-state index contributed by atoms with van der Waals surface area (Å²) in [6.07, 6.45) is 2.33. The van der Waals surface area contributed by atoms with Gasteiger partial charge in [0.1, 0.15) is 5.75 Å². The van der Waals surface area contributed by atoms with Crippen molar-refractivity contribution in [3.63, 3.8) is 0 Å². The van der Waals surface area contributed by atoms with E-state index in [0.29, 0.717) is 6.54 Å². The fourth-order valence-electron chi connectivity index (χ4n) is 1.44. The topological polar surface area (TPSA) is 61.2 Å². The standard InChI is InChI=1S/C8H14N2O2S/c9-3-7-13(11,12)8-6-10-4-1-2-5-10/h1-2,4-8H2. The zero-order valence-electron chi connectivity index (χ0n) is 7.57. The molecule has 0 saturated carbocycles. The minimum atomic E-state index is -3.12. The van der Waals surface area contributed by atoms with Gasteiger partial charge in [-0.2, -0.15) is 5.26 Å². The molecule has 1 aliphatic rings. The molecule has 1 fully saturated rings. The van der Waals surface area contributed by atoms with Gasteiger partial charge >= 0.3 is 0 Å². The van der Waals surface area contributed by atoms with Gasteiger partial charge in [0.2, 0.25) is 0 Å². The van der Waals surface area contributed by atoms with Gasteiger partial charge in [-0.1, -0.05) is 0 Å². The van der Waals surface area contributed by atoms with Gasteiger partial charge in [0.25, 0.3) is 0 Å². The molecular weight excluding hydrogens is 188 g/mol. The molecule has 0 aromatic rings. The summed E-state index contributed by atoms with van der Waals surface area (Å²) in [6.45, 7) is 2.59. The van der Waals surface area contributed by atoms with E-state index in [0.717, 1.165) is 25.9 Å². The quantitative estimate of drug-likeness (QED) is 0.645. The van der Waals surface area contributed by atoms with Crippen LogP contribution in [0.2, 0.25) is 0 Å². The Morgan fingerprint density at radius 2 is 1.92 bits per heavy atom. The predicted octanol–water partition coefficient (Wildman–Crippen LogP) is 0.0206. The van der Waals surface area contributed by atoms with E-state index in [9.17, 15) is 8.42 Å². The van der Waals surface area contributed by atoms with E-state index in [1.54, 1.807) is 6.07 Å². The van der Waals surface area contributed by atoms with Gasteiger partial charge in [-0.3, -0.25) is 0 Å². The zero-order valence-corrected chi connectivity index (χ0v) is 8.39. The second-order valence-electron chi connectivity index (χ2n) is 3.30. The summed E-state index contributed by atoms with van der Waals surface area (Å²) in [5.41, 5.74) is 0. The smallest absolute Gasteiger partial charge is 0.164 e. The fourth-order valence-corrected chi connectivity index (χ4v) is 2.32. The third kappa shape index (κ3) is 3.75. The molecule has 0 N–H and O–H groups in total. The van der Waals surface area contributed by atoms with Gasteiger partial charge in [0, 0.05) is 6.54 Å². The Morgan fingerprint density at radius 1 is 1.31 bits per heavy atom. The lowest BCUT2D eigenvalue weighted by Crippen LogP contribution is -2.27. The molecule has 5 heteroatoms. The molecule has 74 valence electrons. The molecule has 1 heterocycles. The summed E-state index contributed by atoms with van der Waals surface area (Å²) >= 11 is 0. The van der Waals surface area contributed by atoms with Crippen molar-refractivity contribution in [1.29, 1.82) is 5.26 Å². The second kappa shape index (κ2) is 4.58. The first-order valence-electron chi connectivity index (χ1n) is 4.44. The van der Waals surface area contributed by atoms with Crippen molar-refractivity contribution in [2.75, 3.05) is 31.1 Å². The zero-order chi connectivity index (χ0) is 9.73. The first-order valence-corrected chi connectivity index (χ1v) is 6.26. The highest BCUT2D eigenvalue weighted by atomic mass is 32.2. The van der Waals surface area contributed by atoms with E-state index in [4.69, 9.17) is 5.26 Å². The summed E-state index contributed by atoms with van der Waals surface area (Å²) in [7, 11) is -3.12. The van der Waals surface area contributed by atoms with Gasteiger partial charge in [0.05, 0.1) is 11.8 Å². The third-order valence-electron chi connectivity index (χ3n) is 2.20. The molecule has 13 heavy (non-hydrogen) atoms. The average Bonchev–Trinajstić information content (AvgIpc) is 2.52. The van der Waals surface area contributed by atoms with Crippen LogP contribution in [0.1, 0.15) is 12.8 Å². The number of hydrogen-bond acceptors (Lipinski definition) is 4. The van der Waals surface area contributed by atoms with Crippen LogP contribution >= 0.6 is 0 Å². The lowest BCUT2D eigenvalue weighted by Gasteiger charge is -2.13. The Morgan fingerprint density at radius 3 is 2.46 bits per heavy atom. The maximum Gasteiger partial charge on any atom is 0.164 e. The van der Waals surface area contributed by atoms with Crippen LogP contribution in [0.5, 0.6) is 0 Å². The minimum absolute atomic E-state index is 0.126. The lowest BCUT2D eigenvalue weighted by atomic mass is 10.4. The maximum absolute atomic E-state index is 11.1. The van der Waals surface area contributed by atoms with Crippen molar-refractivity contribution in [3.05, 3.63) is 0 Å². The van der Waals surface area contributed by atoms with Crippen LogP contribution < -0.4 is 0 Å². The highest BCUT2D eigenvalue weighted by molar-refractivity contribution is 7.91. The first-order chi connectivity index (χ1) is 6.14. The van der Waals surface area contributed by atoms with E-state index in [1.165, 1.54) is 0 Å². The highest BCUT2D eigenvalue weighted by Gasteiger charge is 2.15. The Labute approximate surface area is 79.1 Å². The van der Waals surface area contributed by atoms with Crippen LogP contribution in [-0.2, 0) is 9.84 Å². The third-order valence-corrected chi connectivity index (χ3v) is 3.58. The van der Waals surface area contributed by atoms with E-state index < -0.39 is 9.84 Å². The molecule has 4 nitrogen and oxygen atoms in total. The van der Waals surface area contributed by atoms with Crippen LogP contribution in [0.15, 0.2) is 0 Å². The Hall–Kier alpha value is -0.600. The average molecular weight is 202 g/mol. The fraction of sp³-hybridized carbons (Fsp3) is 0.875. The van der Waals surface area contributed by atoms with E-state index in [-0.39, 0.29) is 11.5 Å². The van der Waals surface area contributed by atoms with Gasteiger partial charge in [-0.15, -0.1) is 0 Å². The number of nitrogens with zero attached hydrogens (tertiary/aromatic N) is 2. The van der Waals surface area contributed by atoms with Gasteiger partial charge in [0.15, 0.2) is 9.84 Å². The van der Waals surface area contributed by atoms with Gasteiger partial charge < -0.3 is 4.90 Å². The van der Waals surface area contributed by atoms with Gasteiger partial charge in [-0.05, 0) is 25.9 Å². The molecule has 0 spiro atoms. The van der Waals surface area contributed by atoms with Crippen LogP contribution in [0.25, 0.3) is 0 Å². The van der Waals surface area contributed by atoms with E-state index in [1.807, 2.05) is 0 Å². The van der Waals surface area contributed by atoms with Gasteiger partial charge in [-0.25, -0.2) is 8.42 Å². The van der Waals surface area contributed by atoms with Crippen molar-refractivity contribution in [1.82, 2.24) is 4.90 Å². The predicted molar refractivity (Wildman–Crippen MR) is 49.9 cm³/mol. The largest absolute Gasteiger partial charge is 0.302 e. The van der Waals surface area contributed by atoms with Crippen LogP contribution in [0, 0.1) is 11.3 Å². The van der Waals surface area contributed by atoms with Crippen LogP contribution in [0.3, 0.4) is 0 Å². The Kier molecular flexibility index (Phi) is 3.70. The SMILES string of the molecule is N#CCS(=O)(=O)CCN1CCCC1. The number of likely N-dealkylation sites (tertiary alicyclic amines) is 1. The van der Waals surface area contributed by atoms with Crippen molar-refractivity contribution in [2.24, 2.45) is 0 Å². The highest BCUT2D eigenvalue weighted by Crippen LogP contribution is 2.06. The van der Waals surface area contributed by atoms with Crippen LogP contribution in [0.4, 0.5) is 0 Å². The van der Waals surface area contributed by atoms with Crippen molar-refractivity contribution in [3.8, 4) is 6.07 Å². The number of hydrogen-bond donors (Lipinski definition) is 0. The molecule has 0 aromatic heterocycles. The van der Waals surface area contributed by atoms with E-state index in [2.05, 4.69) is 4.90 Å². The summed E-state index contributed by atoms with van der Waals surface area (Å²) in [5, 5.41) is 8.25. The molecule has 0 atom stereocenters. The van der Waals surface area contributed by atoms with Crippen molar-refractivity contribution < 1.29 is 8.42 Å². The molecule has 1 rings (SSSR count). The molecule has 0 bridgehead atoms. The molecule has 0 aromatic carbocycles. The normalized spacial score (nSPS) is 18.7. The Balaban J connectivity index is 2.29. The van der Waals surface area contributed by atoms with Crippen LogP contribution in [-0.4, -0.2) is 44.5 Å². The first kappa shape index (κ1) is 10.5. The number of rotatable bonds is 4. The minimum Gasteiger partial charge on any atom is -0.302 e. The maximum atomic E-state index is 11.1. The van der Waals surface area contributed by atoms with Crippen molar-refractivity contribution in [2.45, 2.75) is 12.8 Å². The molecule has 1 aliphatic heterocycles. The molecular formula is C8H14N2O2S.